The van der Waals surface area contributed by atoms with E-state index in [1.807, 2.05) is 42.5 Å². The molecule has 0 fully saturated rings. The molecule has 1 N–H and O–H groups in total. The van der Waals surface area contributed by atoms with Crippen molar-refractivity contribution in [2.45, 2.75) is 6.54 Å². The van der Waals surface area contributed by atoms with Gasteiger partial charge in [-0.05, 0) is 18.2 Å². The lowest BCUT2D eigenvalue weighted by Gasteiger charge is -2.05. The van der Waals surface area contributed by atoms with Crippen LogP contribution in [-0.4, -0.2) is 20.5 Å². The summed E-state index contributed by atoms with van der Waals surface area (Å²) in [4.78, 5) is 16.7. The summed E-state index contributed by atoms with van der Waals surface area (Å²) in [6.45, 7) is 0.321. The first-order valence-corrected chi connectivity index (χ1v) is 7.51. The second-order valence-electron chi connectivity index (χ2n) is 5.25. The summed E-state index contributed by atoms with van der Waals surface area (Å²) >= 11 is 0. The van der Waals surface area contributed by atoms with Crippen LogP contribution < -0.4 is 5.32 Å². The van der Waals surface area contributed by atoms with Crippen molar-refractivity contribution in [3.8, 4) is 11.3 Å². The highest BCUT2D eigenvalue weighted by Gasteiger charge is 2.16. The van der Waals surface area contributed by atoms with Crippen LogP contribution in [-0.2, 0) is 6.54 Å². The number of hydrogen-bond donors (Lipinski definition) is 1. The summed E-state index contributed by atoms with van der Waals surface area (Å²) in [5, 5.41) is 7.14. The van der Waals surface area contributed by atoms with Gasteiger partial charge in [-0.3, -0.25) is 4.79 Å². The van der Waals surface area contributed by atoms with E-state index in [1.54, 1.807) is 23.0 Å². The quantitative estimate of drug-likeness (QED) is 0.628. The van der Waals surface area contributed by atoms with Crippen LogP contribution in [0.3, 0.4) is 0 Å². The first-order chi connectivity index (χ1) is 11.8. The number of nitrogens with one attached hydrogen (secondary N) is 1. The summed E-state index contributed by atoms with van der Waals surface area (Å²) < 4.78 is 6.89. The Morgan fingerprint density at radius 1 is 1.12 bits per heavy atom. The minimum absolute atomic E-state index is 0.237. The largest absolute Gasteiger partial charge is 0.467 e. The first-order valence-electron chi connectivity index (χ1n) is 7.51. The summed E-state index contributed by atoms with van der Waals surface area (Å²) in [7, 11) is 0. The number of amides is 1. The molecule has 118 valence electrons. The van der Waals surface area contributed by atoms with Gasteiger partial charge in [-0.15, -0.1) is 0 Å². The molecular weight excluding hydrogens is 304 g/mol. The maximum atomic E-state index is 12.4. The molecule has 1 aromatic carbocycles. The van der Waals surface area contributed by atoms with E-state index in [2.05, 4.69) is 15.4 Å². The van der Waals surface area contributed by atoms with Crippen molar-refractivity contribution in [3.63, 3.8) is 0 Å². The summed E-state index contributed by atoms with van der Waals surface area (Å²) in [6.07, 6.45) is 4.79. The second-order valence-corrected chi connectivity index (χ2v) is 5.25. The maximum Gasteiger partial charge on any atom is 0.257 e. The maximum absolute atomic E-state index is 12.4. The van der Waals surface area contributed by atoms with Gasteiger partial charge in [0.05, 0.1) is 24.7 Å². The third-order valence-corrected chi connectivity index (χ3v) is 3.72. The molecule has 6 nitrogen and oxygen atoms in total. The third-order valence-electron chi connectivity index (χ3n) is 3.72. The fraction of sp³-hybridized carbons (Fsp3) is 0.0556. The molecule has 24 heavy (non-hydrogen) atoms. The minimum Gasteiger partial charge on any atom is -0.467 e. The molecule has 0 aliphatic carbocycles. The van der Waals surface area contributed by atoms with Crippen molar-refractivity contribution >= 4 is 11.6 Å². The molecule has 4 rings (SSSR count). The summed E-state index contributed by atoms with van der Waals surface area (Å²) in [5.41, 5.74) is 2.84. The van der Waals surface area contributed by atoms with Crippen LogP contribution >= 0.6 is 0 Å². The molecule has 0 radical (unpaired) electrons. The Balaban J connectivity index is 1.67. The van der Waals surface area contributed by atoms with Crippen LogP contribution in [0.2, 0.25) is 0 Å². The van der Waals surface area contributed by atoms with Crippen LogP contribution in [0.4, 0.5) is 0 Å². The standard InChI is InChI=1S/C18H14N4O2/c23-18(20-11-14-7-4-10-24-14)15-12-21-22-16(8-9-19-17(15)22)13-5-2-1-3-6-13/h1-10,12H,11H2,(H,20,23). The smallest absolute Gasteiger partial charge is 0.257 e. The van der Waals surface area contributed by atoms with Gasteiger partial charge < -0.3 is 9.73 Å². The lowest BCUT2D eigenvalue weighted by molar-refractivity contribution is 0.0949. The second kappa shape index (κ2) is 6.00. The predicted octanol–water partition coefficient (Wildman–Crippen LogP) is 2.92. The highest BCUT2D eigenvalue weighted by molar-refractivity contribution is 5.99. The molecule has 4 aromatic rings. The lowest BCUT2D eigenvalue weighted by Crippen LogP contribution is -2.22. The number of furan rings is 1. The molecule has 1 amide bonds. The average Bonchev–Trinajstić information content (AvgIpc) is 3.29. The molecule has 0 saturated heterocycles. The van der Waals surface area contributed by atoms with Gasteiger partial charge in [-0.25, -0.2) is 9.50 Å². The zero-order valence-corrected chi connectivity index (χ0v) is 12.7. The third kappa shape index (κ3) is 2.54. The Morgan fingerprint density at radius 2 is 2.00 bits per heavy atom. The minimum atomic E-state index is -0.237. The van der Waals surface area contributed by atoms with Crippen molar-refractivity contribution in [3.05, 3.63) is 78.5 Å². The molecule has 0 atom stereocenters. The van der Waals surface area contributed by atoms with Gasteiger partial charge in [0.2, 0.25) is 0 Å². The number of rotatable bonds is 4. The van der Waals surface area contributed by atoms with Crippen LogP contribution in [0, 0.1) is 0 Å². The summed E-state index contributed by atoms with van der Waals surface area (Å²) in [6, 6.07) is 15.3. The van der Waals surface area contributed by atoms with Gasteiger partial charge in [0.25, 0.3) is 5.91 Å². The van der Waals surface area contributed by atoms with E-state index < -0.39 is 0 Å². The predicted molar refractivity (Wildman–Crippen MR) is 88.3 cm³/mol. The van der Waals surface area contributed by atoms with Crippen molar-refractivity contribution in [2.75, 3.05) is 0 Å². The van der Waals surface area contributed by atoms with E-state index in [1.165, 1.54) is 6.20 Å². The number of carbonyl (C=O) groups excluding carboxylic acids is 1. The van der Waals surface area contributed by atoms with Gasteiger partial charge in [0, 0.05) is 11.8 Å². The highest BCUT2D eigenvalue weighted by atomic mass is 16.3. The highest BCUT2D eigenvalue weighted by Crippen LogP contribution is 2.20. The Hall–Kier alpha value is -3.41. The van der Waals surface area contributed by atoms with Crippen molar-refractivity contribution in [2.24, 2.45) is 0 Å². The molecule has 0 unspecified atom stereocenters. The van der Waals surface area contributed by atoms with Crippen molar-refractivity contribution in [1.82, 2.24) is 19.9 Å². The van der Waals surface area contributed by atoms with Crippen LogP contribution in [0.5, 0.6) is 0 Å². The molecule has 0 aliphatic rings. The van der Waals surface area contributed by atoms with Crippen molar-refractivity contribution < 1.29 is 9.21 Å². The SMILES string of the molecule is O=C(NCc1ccco1)c1cnn2c(-c3ccccc3)ccnc12. The normalized spacial score (nSPS) is 10.8. The van der Waals surface area contributed by atoms with Gasteiger partial charge in [-0.1, -0.05) is 30.3 Å². The monoisotopic (exact) mass is 318 g/mol. The molecule has 0 saturated carbocycles. The van der Waals surface area contributed by atoms with Gasteiger partial charge in [0.1, 0.15) is 11.3 Å². The van der Waals surface area contributed by atoms with E-state index in [4.69, 9.17) is 4.42 Å². The van der Waals surface area contributed by atoms with Crippen LogP contribution in [0.15, 0.2) is 71.6 Å². The van der Waals surface area contributed by atoms with E-state index in [9.17, 15) is 4.79 Å². The Bertz CT molecular complexity index is 975. The molecule has 6 heteroatoms. The zero-order chi connectivity index (χ0) is 16.4. The van der Waals surface area contributed by atoms with E-state index in [0.717, 1.165) is 11.3 Å². The lowest BCUT2D eigenvalue weighted by atomic mass is 10.1. The molecule has 0 aliphatic heterocycles. The number of hydrogen-bond acceptors (Lipinski definition) is 4. The van der Waals surface area contributed by atoms with Gasteiger partial charge in [-0.2, -0.15) is 5.10 Å². The van der Waals surface area contributed by atoms with E-state index in [0.29, 0.717) is 23.5 Å². The van der Waals surface area contributed by atoms with Gasteiger partial charge >= 0.3 is 0 Å². The van der Waals surface area contributed by atoms with Crippen LogP contribution in [0.25, 0.3) is 16.9 Å². The Kier molecular flexibility index (Phi) is 3.55. The molecule has 3 aromatic heterocycles. The zero-order valence-electron chi connectivity index (χ0n) is 12.7. The van der Waals surface area contributed by atoms with Gasteiger partial charge in [0.15, 0.2) is 5.65 Å². The number of fused-ring (bicyclic) bond motifs is 1. The van der Waals surface area contributed by atoms with E-state index >= 15 is 0 Å². The van der Waals surface area contributed by atoms with Crippen molar-refractivity contribution in [1.29, 1.82) is 0 Å². The Labute approximate surface area is 137 Å². The number of aromatic nitrogens is 3. The fourth-order valence-corrected chi connectivity index (χ4v) is 2.55. The summed E-state index contributed by atoms with van der Waals surface area (Å²) in [5.74, 6) is 0.455. The number of nitrogens with zero attached hydrogens (tertiary/aromatic N) is 3. The van der Waals surface area contributed by atoms with E-state index in [-0.39, 0.29) is 5.91 Å². The average molecular weight is 318 g/mol. The fourth-order valence-electron chi connectivity index (χ4n) is 2.55. The topological polar surface area (TPSA) is 72.4 Å². The number of carbonyl (C=O) groups is 1. The number of benzene rings is 1. The molecule has 0 bridgehead atoms. The first kappa shape index (κ1) is 14.2. The molecule has 3 heterocycles. The molecular formula is C18H14N4O2. The van der Waals surface area contributed by atoms with Crippen LogP contribution in [0.1, 0.15) is 16.1 Å². The molecule has 0 spiro atoms. The Morgan fingerprint density at radius 3 is 2.79 bits per heavy atom.